The standard InChI is InChI=1S/C23H40O2/c1-8-12-23(25)14-13-21(5,6)20-19(24)15-17(4)18(22(20,23)7)11-10-16(3)9-2/h8,16-18,20,25H,1,9-15H2,2-7H3/t16-,17+,18+,20+,22-,23?/m1/s1. The second-order valence-electron chi connectivity index (χ2n) is 10.1. The first-order valence-electron chi connectivity index (χ1n) is 10.4. The molecule has 2 aliphatic carbocycles. The number of rotatable bonds is 6. The first-order valence-corrected chi connectivity index (χ1v) is 10.4. The van der Waals surface area contributed by atoms with Gasteiger partial charge in [-0.15, -0.1) is 6.58 Å². The Balaban J connectivity index is 2.50. The molecule has 0 aliphatic heterocycles. The van der Waals surface area contributed by atoms with Gasteiger partial charge < -0.3 is 5.11 Å². The summed E-state index contributed by atoms with van der Waals surface area (Å²) in [5.41, 5.74) is -1.20. The lowest BCUT2D eigenvalue weighted by Gasteiger charge is -2.64. The third kappa shape index (κ3) is 3.36. The zero-order valence-corrected chi connectivity index (χ0v) is 17.4. The van der Waals surface area contributed by atoms with E-state index in [4.69, 9.17) is 0 Å². The summed E-state index contributed by atoms with van der Waals surface area (Å²) in [6, 6.07) is 0. The summed E-state index contributed by atoms with van der Waals surface area (Å²) in [5.74, 6) is 1.78. The maximum Gasteiger partial charge on any atom is 0.137 e. The average Bonchev–Trinajstić information content (AvgIpc) is 2.51. The van der Waals surface area contributed by atoms with Crippen molar-refractivity contribution in [3.63, 3.8) is 0 Å². The fourth-order valence-corrected chi connectivity index (χ4v) is 6.33. The lowest BCUT2D eigenvalue weighted by atomic mass is 9.40. The largest absolute Gasteiger partial charge is 0.389 e. The van der Waals surface area contributed by atoms with Gasteiger partial charge in [0.1, 0.15) is 5.78 Å². The van der Waals surface area contributed by atoms with Crippen LogP contribution in [-0.4, -0.2) is 16.5 Å². The van der Waals surface area contributed by atoms with Crippen molar-refractivity contribution in [2.24, 2.45) is 34.5 Å². The van der Waals surface area contributed by atoms with Crippen molar-refractivity contribution in [3.05, 3.63) is 12.7 Å². The Bertz CT molecular complexity index is 508. The van der Waals surface area contributed by atoms with Gasteiger partial charge in [-0.05, 0) is 48.9 Å². The van der Waals surface area contributed by atoms with Crippen LogP contribution in [0.25, 0.3) is 0 Å². The van der Waals surface area contributed by atoms with Crippen molar-refractivity contribution in [1.82, 2.24) is 0 Å². The molecule has 0 bridgehead atoms. The van der Waals surface area contributed by atoms with Crippen LogP contribution >= 0.6 is 0 Å². The average molecular weight is 349 g/mol. The molecule has 1 unspecified atom stereocenters. The van der Waals surface area contributed by atoms with E-state index in [2.05, 4.69) is 48.1 Å². The molecule has 2 aliphatic rings. The fraction of sp³-hybridized carbons (Fsp3) is 0.870. The van der Waals surface area contributed by atoms with Crippen LogP contribution in [0.2, 0.25) is 0 Å². The van der Waals surface area contributed by atoms with E-state index in [-0.39, 0.29) is 16.7 Å². The number of carbonyl (C=O) groups is 1. The van der Waals surface area contributed by atoms with E-state index < -0.39 is 5.60 Å². The molecule has 25 heavy (non-hydrogen) atoms. The molecule has 0 aromatic heterocycles. The summed E-state index contributed by atoms with van der Waals surface area (Å²) in [4.78, 5) is 13.2. The second-order valence-corrected chi connectivity index (χ2v) is 10.1. The Kier molecular flexibility index (Phi) is 5.94. The van der Waals surface area contributed by atoms with Crippen molar-refractivity contribution >= 4 is 5.78 Å². The molecule has 0 amide bonds. The van der Waals surface area contributed by atoms with Crippen LogP contribution in [0.3, 0.4) is 0 Å². The highest BCUT2D eigenvalue weighted by Crippen LogP contribution is 2.65. The number of hydrogen-bond acceptors (Lipinski definition) is 2. The minimum atomic E-state index is -0.806. The Labute approximate surface area is 155 Å². The Morgan fingerprint density at radius 2 is 1.96 bits per heavy atom. The molecule has 2 saturated carbocycles. The number of Topliss-reactive ketones (excluding diaryl/α,β-unsaturated/α-hetero) is 1. The molecule has 0 saturated heterocycles. The number of carbonyl (C=O) groups excluding carboxylic acids is 1. The van der Waals surface area contributed by atoms with Gasteiger partial charge in [0.25, 0.3) is 0 Å². The molecule has 0 radical (unpaired) electrons. The first kappa shape index (κ1) is 20.7. The molecule has 2 heteroatoms. The lowest BCUT2D eigenvalue weighted by Crippen LogP contribution is -2.66. The third-order valence-electron chi connectivity index (χ3n) is 8.02. The van der Waals surface area contributed by atoms with Gasteiger partial charge in [0.2, 0.25) is 0 Å². The third-order valence-corrected chi connectivity index (χ3v) is 8.02. The highest BCUT2D eigenvalue weighted by molar-refractivity contribution is 5.84. The minimum absolute atomic E-state index is 0.0337. The number of ketones is 1. The number of aliphatic hydroxyl groups is 1. The van der Waals surface area contributed by atoms with E-state index in [1.54, 1.807) is 0 Å². The summed E-state index contributed by atoms with van der Waals surface area (Å²) in [6.07, 6.45) is 8.32. The second kappa shape index (κ2) is 7.18. The van der Waals surface area contributed by atoms with E-state index in [0.717, 1.165) is 19.3 Å². The van der Waals surface area contributed by atoms with Crippen molar-refractivity contribution in [3.8, 4) is 0 Å². The van der Waals surface area contributed by atoms with E-state index in [9.17, 15) is 9.90 Å². The highest BCUT2D eigenvalue weighted by Gasteiger charge is 2.66. The molecule has 2 fully saturated rings. The minimum Gasteiger partial charge on any atom is -0.389 e. The van der Waals surface area contributed by atoms with E-state index in [1.807, 2.05) is 6.08 Å². The Morgan fingerprint density at radius 1 is 1.32 bits per heavy atom. The zero-order valence-electron chi connectivity index (χ0n) is 17.4. The smallest absolute Gasteiger partial charge is 0.137 e. The van der Waals surface area contributed by atoms with Crippen LogP contribution in [-0.2, 0) is 4.79 Å². The van der Waals surface area contributed by atoms with Gasteiger partial charge in [0.15, 0.2) is 0 Å². The van der Waals surface area contributed by atoms with Crippen LogP contribution in [0.5, 0.6) is 0 Å². The predicted octanol–water partition coefficient (Wildman–Crippen LogP) is 5.79. The molecule has 0 spiro atoms. The maximum absolute atomic E-state index is 13.2. The van der Waals surface area contributed by atoms with Crippen LogP contribution in [0.4, 0.5) is 0 Å². The molecule has 0 heterocycles. The molecule has 0 aromatic carbocycles. The van der Waals surface area contributed by atoms with Gasteiger partial charge >= 0.3 is 0 Å². The van der Waals surface area contributed by atoms with Crippen LogP contribution in [0.15, 0.2) is 12.7 Å². The SMILES string of the molecule is C=CCC1(O)CCC(C)(C)[C@@H]2C(=O)C[C@H](C)[C@H](CC[C@H](C)CC)[C@]21C. The molecule has 6 atom stereocenters. The predicted molar refractivity (Wildman–Crippen MR) is 105 cm³/mol. The maximum atomic E-state index is 13.2. The summed E-state index contributed by atoms with van der Waals surface area (Å²) in [7, 11) is 0. The topological polar surface area (TPSA) is 37.3 Å². The monoisotopic (exact) mass is 348 g/mol. The van der Waals surface area contributed by atoms with Crippen molar-refractivity contribution in [1.29, 1.82) is 0 Å². The Morgan fingerprint density at radius 3 is 2.52 bits per heavy atom. The summed E-state index contributed by atoms with van der Waals surface area (Å²) < 4.78 is 0. The van der Waals surface area contributed by atoms with Gasteiger partial charge in [-0.25, -0.2) is 0 Å². The molecule has 144 valence electrons. The first-order chi connectivity index (χ1) is 11.5. The molecular weight excluding hydrogens is 308 g/mol. The molecule has 0 aromatic rings. The van der Waals surface area contributed by atoms with Crippen LogP contribution < -0.4 is 0 Å². The highest BCUT2D eigenvalue weighted by atomic mass is 16.3. The van der Waals surface area contributed by atoms with E-state index in [0.29, 0.717) is 36.4 Å². The summed E-state index contributed by atoms with van der Waals surface area (Å²) in [6.45, 7) is 17.4. The van der Waals surface area contributed by atoms with Crippen LogP contribution in [0, 0.1) is 34.5 Å². The molecule has 2 nitrogen and oxygen atoms in total. The molecule has 1 N–H and O–H groups in total. The molecular formula is C23H40O2. The van der Waals surface area contributed by atoms with Crippen LogP contribution in [0.1, 0.15) is 86.5 Å². The summed E-state index contributed by atoms with van der Waals surface area (Å²) in [5, 5.41) is 11.8. The summed E-state index contributed by atoms with van der Waals surface area (Å²) >= 11 is 0. The van der Waals surface area contributed by atoms with Gasteiger partial charge in [-0.1, -0.05) is 60.5 Å². The zero-order chi connectivity index (χ0) is 19.0. The Hall–Kier alpha value is -0.630. The van der Waals surface area contributed by atoms with Gasteiger partial charge in [0, 0.05) is 17.8 Å². The van der Waals surface area contributed by atoms with Gasteiger partial charge in [-0.2, -0.15) is 0 Å². The van der Waals surface area contributed by atoms with E-state index >= 15 is 0 Å². The van der Waals surface area contributed by atoms with Gasteiger partial charge in [-0.3, -0.25) is 4.79 Å². The quantitative estimate of drug-likeness (QED) is 0.617. The van der Waals surface area contributed by atoms with Gasteiger partial charge in [0.05, 0.1) is 5.60 Å². The lowest BCUT2D eigenvalue weighted by molar-refractivity contribution is -0.220. The van der Waals surface area contributed by atoms with Crippen molar-refractivity contribution < 1.29 is 9.90 Å². The van der Waals surface area contributed by atoms with E-state index in [1.165, 1.54) is 12.8 Å². The fourth-order valence-electron chi connectivity index (χ4n) is 6.33. The van der Waals surface area contributed by atoms with Crippen molar-refractivity contribution in [2.45, 2.75) is 92.1 Å². The number of fused-ring (bicyclic) bond motifs is 1. The normalized spacial score (nSPS) is 41.9. The van der Waals surface area contributed by atoms with Crippen molar-refractivity contribution in [2.75, 3.05) is 0 Å². The number of hydrogen-bond donors (Lipinski definition) is 1. The molecule has 2 rings (SSSR count).